The molecule has 1 atom stereocenters. The van der Waals surface area contributed by atoms with Crippen molar-refractivity contribution in [2.24, 2.45) is 0 Å². The number of cyclic esters (lactones) is 1. The SMILES string of the molecule is C=CC1=C(/C(C)=C/C2CO2)COC1=O. The summed E-state index contributed by atoms with van der Waals surface area (Å²) < 4.78 is 10.0. The minimum absolute atomic E-state index is 0.226. The van der Waals surface area contributed by atoms with E-state index in [4.69, 9.17) is 9.47 Å². The molecule has 1 fully saturated rings. The van der Waals surface area contributed by atoms with Gasteiger partial charge in [-0.25, -0.2) is 4.79 Å². The standard InChI is InChI=1S/C11H12O3/c1-3-9-10(6-14-11(9)12)7(2)4-8-5-13-8/h3-4,8H,1,5-6H2,2H3/b7-4+. The first-order chi connectivity index (χ1) is 6.72. The molecule has 1 saturated heterocycles. The van der Waals surface area contributed by atoms with Crippen molar-refractivity contribution >= 4 is 5.97 Å². The van der Waals surface area contributed by atoms with Gasteiger partial charge in [-0.1, -0.05) is 18.7 Å². The molecule has 0 aromatic rings. The Labute approximate surface area is 82.7 Å². The largest absolute Gasteiger partial charge is 0.457 e. The third-order valence-corrected chi connectivity index (χ3v) is 2.37. The van der Waals surface area contributed by atoms with Crippen molar-refractivity contribution in [2.45, 2.75) is 13.0 Å². The summed E-state index contributed by atoms with van der Waals surface area (Å²) in [6.07, 6.45) is 3.79. The molecule has 0 aromatic carbocycles. The van der Waals surface area contributed by atoms with Gasteiger partial charge in [-0.3, -0.25) is 0 Å². The van der Waals surface area contributed by atoms with E-state index >= 15 is 0 Å². The second kappa shape index (κ2) is 3.42. The number of rotatable bonds is 3. The van der Waals surface area contributed by atoms with Gasteiger partial charge in [-0.2, -0.15) is 0 Å². The van der Waals surface area contributed by atoms with Gasteiger partial charge in [-0.05, 0) is 12.5 Å². The van der Waals surface area contributed by atoms with Crippen molar-refractivity contribution in [2.75, 3.05) is 13.2 Å². The topological polar surface area (TPSA) is 38.8 Å². The van der Waals surface area contributed by atoms with Crippen molar-refractivity contribution in [1.82, 2.24) is 0 Å². The van der Waals surface area contributed by atoms with Gasteiger partial charge in [0.2, 0.25) is 0 Å². The zero-order valence-corrected chi connectivity index (χ0v) is 8.08. The molecule has 0 saturated carbocycles. The summed E-state index contributed by atoms with van der Waals surface area (Å²) in [6, 6.07) is 0. The molecule has 0 aliphatic carbocycles. The Kier molecular flexibility index (Phi) is 2.25. The third kappa shape index (κ3) is 1.63. The zero-order valence-electron chi connectivity index (χ0n) is 8.08. The summed E-state index contributed by atoms with van der Waals surface area (Å²) in [5.74, 6) is -0.278. The van der Waals surface area contributed by atoms with Gasteiger partial charge in [0.15, 0.2) is 0 Å². The van der Waals surface area contributed by atoms with Crippen LogP contribution in [0.1, 0.15) is 6.92 Å². The van der Waals surface area contributed by atoms with Crippen molar-refractivity contribution in [1.29, 1.82) is 0 Å². The Bertz CT molecular complexity index is 346. The third-order valence-electron chi connectivity index (χ3n) is 2.37. The molecule has 2 aliphatic rings. The molecule has 0 spiro atoms. The summed E-state index contributed by atoms with van der Waals surface area (Å²) in [7, 11) is 0. The molecule has 2 heterocycles. The van der Waals surface area contributed by atoms with Crippen LogP contribution in [0, 0.1) is 0 Å². The lowest BCUT2D eigenvalue weighted by molar-refractivity contribution is -0.135. The summed E-state index contributed by atoms with van der Waals surface area (Å²) in [4.78, 5) is 11.2. The fraction of sp³-hybridized carbons (Fsp3) is 0.364. The smallest absolute Gasteiger partial charge is 0.338 e. The fourth-order valence-corrected chi connectivity index (χ4v) is 1.48. The maximum absolute atomic E-state index is 11.2. The van der Waals surface area contributed by atoms with E-state index in [9.17, 15) is 4.79 Å². The molecule has 0 N–H and O–H groups in total. The monoisotopic (exact) mass is 192 g/mol. The lowest BCUT2D eigenvalue weighted by atomic mass is 10.0. The predicted molar refractivity (Wildman–Crippen MR) is 51.7 cm³/mol. The first-order valence-electron chi connectivity index (χ1n) is 4.55. The average Bonchev–Trinajstić information content (AvgIpc) is 2.88. The Morgan fingerprint density at radius 3 is 2.93 bits per heavy atom. The van der Waals surface area contributed by atoms with Crippen LogP contribution < -0.4 is 0 Å². The van der Waals surface area contributed by atoms with E-state index in [-0.39, 0.29) is 12.1 Å². The van der Waals surface area contributed by atoms with E-state index in [0.717, 1.165) is 17.8 Å². The van der Waals surface area contributed by atoms with Gasteiger partial charge in [0, 0.05) is 5.57 Å². The van der Waals surface area contributed by atoms with Gasteiger partial charge in [0.05, 0.1) is 18.3 Å². The molecule has 3 heteroatoms. The molecule has 74 valence electrons. The maximum atomic E-state index is 11.2. The lowest BCUT2D eigenvalue weighted by Gasteiger charge is -1.99. The maximum Gasteiger partial charge on any atom is 0.338 e. The molecule has 0 radical (unpaired) electrons. The second-order valence-electron chi connectivity index (χ2n) is 3.39. The quantitative estimate of drug-likeness (QED) is 0.500. The molecule has 3 nitrogen and oxygen atoms in total. The number of ether oxygens (including phenoxy) is 2. The van der Waals surface area contributed by atoms with E-state index in [1.54, 1.807) is 6.08 Å². The Hall–Kier alpha value is -1.35. The minimum atomic E-state index is -0.278. The number of carbonyl (C=O) groups is 1. The van der Waals surface area contributed by atoms with Crippen molar-refractivity contribution in [3.05, 3.63) is 35.5 Å². The van der Waals surface area contributed by atoms with Crippen LogP contribution in [0.4, 0.5) is 0 Å². The van der Waals surface area contributed by atoms with Gasteiger partial charge in [0.1, 0.15) is 6.61 Å². The van der Waals surface area contributed by atoms with Crippen LogP contribution in [0.3, 0.4) is 0 Å². The molecule has 2 aliphatic heterocycles. The number of hydrogen-bond donors (Lipinski definition) is 0. The molecule has 2 rings (SSSR count). The fourth-order valence-electron chi connectivity index (χ4n) is 1.48. The highest BCUT2D eigenvalue weighted by Gasteiger charge is 2.25. The van der Waals surface area contributed by atoms with Crippen LogP contribution in [0.25, 0.3) is 0 Å². The summed E-state index contributed by atoms with van der Waals surface area (Å²) in [6.45, 7) is 6.70. The van der Waals surface area contributed by atoms with E-state index in [0.29, 0.717) is 12.2 Å². The molecular weight excluding hydrogens is 180 g/mol. The summed E-state index contributed by atoms with van der Waals surface area (Å²) in [5.41, 5.74) is 2.56. The molecule has 0 amide bonds. The van der Waals surface area contributed by atoms with Gasteiger partial charge >= 0.3 is 5.97 Å². The molecule has 0 bridgehead atoms. The van der Waals surface area contributed by atoms with Crippen molar-refractivity contribution < 1.29 is 14.3 Å². The van der Waals surface area contributed by atoms with Crippen LogP contribution >= 0.6 is 0 Å². The molecule has 1 unspecified atom stereocenters. The molecule has 14 heavy (non-hydrogen) atoms. The zero-order chi connectivity index (χ0) is 10.1. The second-order valence-corrected chi connectivity index (χ2v) is 3.39. The highest BCUT2D eigenvalue weighted by Crippen LogP contribution is 2.25. The number of hydrogen-bond acceptors (Lipinski definition) is 3. The van der Waals surface area contributed by atoms with Crippen LogP contribution in [0.2, 0.25) is 0 Å². The minimum Gasteiger partial charge on any atom is -0.457 e. The lowest BCUT2D eigenvalue weighted by Crippen LogP contribution is -1.95. The highest BCUT2D eigenvalue weighted by atomic mass is 16.6. The van der Waals surface area contributed by atoms with Crippen LogP contribution in [-0.2, 0) is 14.3 Å². The van der Waals surface area contributed by atoms with Crippen LogP contribution in [-0.4, -0.2) is 25.3 Å². The normalized spacial score (nSPS) is 26.5. The van der Waals surface area contributed by atoms with Crippen molar-refractivity contribution in [3.8, 4) is 0 Å². The average molecular weight is 192 g/mol. The van der Waals surface area contributed by atoms with Gasteiger partial charge in [-0.15, -0.1) is 0 Å². The number of epoxide rings is 1. The van der Waals surface area contributed by atoms with E-state index in [1.165, 1.54) is 0 Å². The first-order valence-corrected chi connectivity index (χ1v) is 4.55. The summed E-state index contributed by atoms with van der Waals surface area (Å²) >= 11 is 0. The number of esters is 1. The Morgan fingerprint density at radius 2 is 2.36 bits per heavy atom. The molecule has 0 aromatic heterocycles. The summed E-state index contributed by atoms with van der Waals surface area (Å²) in [5, 5.41) is 0. The predicted octanol–water partition coefficient (Wildman–Crippen LogP) is 1.37. The van der Waals surface area contributed by atoms with Gasteiger partial charge < -0.3 is 9.47 Å². The Balaban J connectivity index is 2.26. The van der Waals surface area contributed by atoms with Gasteiger partial charge in [0.25, 0.3) is 0 Å². The first kappa shape index (κ1) is 9.21. The van der Waals surface area contributed by atoms with Crippen molar-refractivity contribution in [3.63, 3.8) is 0 Å². The van der Waals surface area contributed by atoms with E-state index < -0.39 is 0 Å². The van der Waals surface area contributed by atoms with E-state index in [2.05, 4.69) is 6.58 Å². The van der Waals surface area contributed by atoms with E-state index in [1.807, 2.05) is 13.0 Å². The highest BCUT2D eigenvalue weighted by molar-refractivity contribution is 5.95. The number of carbonyl (C=O) groups excluding carboxylic acids is 1. The Morgan fingerprint density at radius 1 is 1.64 bits per heavy atom. The van der Waals surface area contributed by atoms with Crippen LogP contribution in [0.15, 0.2) is 35.5 Å². The van der Waals surface area contributed by atoms with Crippen LogP contribution in [0.5, 0.6) is 0 Å². The molecular formula is C11H12O3.